The number of nitrogens with one attached hydrogen (secondary N) is 2. The summed E-state index contributed by atoms with van der Waals surface area (Å²) in [5.74, 6) is 0.522. The normalized spacial score (nSPS) is 19.2. The van der Waals surface area contributed by atoms with E-state index in [0.717, 1.165) is 25.9 Å². The molecule has 112 valence electrons. The highest BCUT2D eigenvalue weighted by Gasteiger charge is 2.22. The molecule has 1 amide bonds. The first kappa shape index (κ1) is 16.4. The molecular weight excluding hydrogens is 240 g/mol. The van der Waals surface area contributed by atoms with E-state index < -0.39 is 0 Å². The summed E-state index contributed by atoms with van der Waals surface area (Å²) >= 11 is 0. The van der Waals surface area contributed by atoms with Gasteiger partial charge in [-0.3, -0.25) is 4.79 Å². The fourth-order valence-electron chi connectivity index (χ4n) is 2.03. The Bertz CT molecular complexity index is 268. The quantitative estimate of drug-likeness (QED) is 0.725. The van der Waals surface area contributed by atoms with Gasteiger partial charge < -0.3 is 15.4 Å². The predicted octanol–water partition coefficient (Wildman–Crippen LogP) is 1.94. The molecule has 0 radical (unpaired) electrons. The molecule has 1 atom stereocenters. The Morgan fingerprint density at radius 1 is 1.37 bits per heavy atom. The lowest BCUT2D eigenvalue weighted by Crippen LogP contribution is -2.35. The average molecular weight is 270 g/mol. The fraction of sp³-hybridized carbons (Fsp3) is 0.933. The SMILES string of the molecule is CC(CC(=O)NCCOC1CCNCC1)C(C)(C)C. The Balaban J connectivity index is 2.07. The highest BCUT2D eigenvalue weighted by atomic mass is 16.5. The summed E-state index contributed by atoms with van der Waals surface area (Å²) in [5, 5.41) is 6.25. The maximum absolute atomic E-state index is 11.8. The van der Waals surface area contributed by atoms with Crippen LogP contribution in [0.3, 0.4) is 0 Å². The topological polar surface area (TPSA) is 50.4 Å². The number of hydrogen-bond acceptors (Lipinski definition) is 3. The number of carbonyl (C=O) groups is 1. The molecule has 1 saturated heterocycles. The molecule has 1 fully saturated rings. The van der Waals surface area contributed by atoms with Gasteiger partial charge in [0, 0.05) is 13.0 Å². The van der Waals surface area contributed by atoms with Crippen molar-refractivity contribution in [1.29, 1.82) is 0 Å². The molecule has 4 heteroatoms. The largest absolute Gasteiger partial charge is 0.376 e. The van der Waals surface area contributed by atoms with Crippen LogP contribution >= 0.6 is 0 Å². The Hall–Kier alpha value is -0.610. The van der Waals surface area contributed by atoms with Gasteiger partial charge >= 0.3 is 0 Å². The first-order valence-corrected chi connectivity index (χ1v) is 7.48. The number of hydrogen-bond donors (Lipinski definition) is 2. The van der Waals surface area contributed by atoms with Gasteiger partial charge in [0.25, 0.3) is 0 Å². The molecule has 2 N–H and O–H groups in total. The number of ether oxygens (including phenoxy) is 1. The molecule has 0 aromatic rings. The van der Waals surface area contributed by atoms with Crippen LogP contribution in [0.2, 0.25) is 0 Å². The highest BCUT2D eigenvalue weighted by molar-refractivity contribution is 5.76. The minimum Gasteiger partial charge on any atom is -0.376 e. The van der Waals surface area contributed by atoms with E-state index in [4.69, 9.17) is 4.74 Å². The standard InChI is InChI=1S/C15H30N2O2/c1-12(15(2,3)4)11-14(18)17-9-10-19-13-5-7-16-8-6-13/h12-13,16H,5-11H2,1-4H3,(H,17,18). The second-order valence-corrected chi connectivity index (χ2v) is 6.64. The van der Waals surface area contributed by atoms with Crippen molar-refractivity contribution in [1.82, 2.24) is 10.6 Å². The van der Waals surface area contributed by atoms with E-state index in [9.17, 15) is 4.79 Å². The lowest BCUT2D eigenvalue weighted by Gasteiger charge is -2.26. The van der Waals surface area contributed by atoms with Crippen LogP contribution < -0.4 is 10.6 Å². The Kier molecular flexibility index (Phi) is 6.80. The van der Waals surface area contributed by atoms with Crippen LogP contribution in [0, 0.1) is 11.3 Å². The van der Waals surface area contributed by atoms with Crippen molar-refractivity contribution in [2.24, 2.45) is 11.3 Å². The average Bonchev–Trinajstić information content (AvgIpc) is 2.35. The number of carbonyl (C=O) groups excluding carboxylic acids is 1. The molecule has 0 aliphatic carbocycles. The van der Waals surface area contributed by atoms with Crippen molar-refractivity contribution in [3.63, 3.8) is 0 Å². The van der Waals surface area contributed by atoms with Crippen molar-refractivity contribution >= 4 is 5.91 Å². The third-order valence-electron chi connectivity index (χ3n) is 4.03. The zero-order valence-corrected chi connectivity index (χ0v) is 12.9. The predicted molar refractivity (Wildman–Crippen MR) is 78.1 cm³/mol. The second-order valence-electron chi connectivity index (χ2n) is 6.64. The molecule has 1 rings (SSSR count). The third kappa shape index (κ3) is 6.92. The maximum atomic E-state index is 11.8. The minimum absolute atomic E-state index is 0.135. The molecule has 1 aliphatic rings. The van der Waals surface area contributed by atoms with E-state index in [2.05, 4.69) is 38.3 Å². The summed E-state index contributed by atoms with van der Waals surface area (Å²) < 4.78 is 5.75. The summed E-state index contributed by atoms with van der Waals surface area (Å²) in [6.07, 6.45) is 3.12. The molecule has 4 nitrogen and oxygen atoms in total. The molecule has 1 aliphatic heterocycles. The molecule has 19 heavy (non-hydrogen) atoms. The number of rotatable bonds is 6. The van der Waals surface area contributed by atoms with Gasteiger partial charge in [0.1, 0.15) is 0 Å². The van der Waals surface area contributed by atoms with Crippen molar-refractivity contribution in [2.75, 3.05) is 26.2 Å². The van der Waals surface area contributed by atoms with Crippen molar-refractivity contribution in [2.45, 2.75) is 53.1 Å². The Morgan fingerprint density at radius 3 is 2.58 bits per heavy atom. The lowest BCUT2D eigenvalue weighted by atomic mass is 9.80. The van der Waals surface area contributed by atoms with Gasteiger partial charge in [0.15, 0.2) is 0 Å². The molecule has 1 heterocycles. The van der Waals surface area contributed by atoms with Crippen LogP contribution in [0.15, 0.2) is 0 Å². The van der Waals surface area contributed by atoms with Crippen LogP contribution in [-0.4, -0.2) is 38.3 Å². The molecule has 0 aromatic carbocycles. The Morgan fingerprint density at radius 2 is 2.00 bits per heavy atom. The molecule has 1 unspecified atom stereocenters. The monoisotopic (exact) mass is 270 g/mol. The van der Waals surface area contributed by atoms with Crippen LogP contribution in [0.25, 0.3) is 0 Å². The molecule has 0 spiro atoms. The molecule has 0 aromatic heterocycles. The summed E-state index contributed by atoms with van der Waals surface area (Å²) in [6.45, 7) is 12.0. The fourth-order valence-corrected chi connectivity index (χ4v) is 2.03. The summed E-state index contributed by atoms with van der Waals surface area (Å²) in [4.78, 5) is 11.8. The summed E-state index contributed by atoms with van der Waals surface area (Å²) in [7, 11) is 0. The van der Waals surface area contributed by atoms with Crippen LogP contribution in [-0.2, 0) is 9.53 Å². The highest BCUT2D eigenvalue weighted by Crippen LogP contribution is 2.27. The van der Waals surface area contributed by atoms with Gasteiger partial charge in [0.05, 0.1) is 12.7 Å². The number of piperidine rings is 1. The van der Waals surface area contributed by atoms with E-state index in [1.165, 1.54) is 0 Å². The zero-order chi connectivity index (χ0) is 14.3. The zero-order valence-electron chi connectivity index (χ0n) is 12.9. The first-order valence-electron chi connectivity index (χ1n) is 7.48. The van der Waals surface area contributed by atoms with Gasteiger partial charge in [-0.15, -0.1) is 0 Å². The van der Waals surface area contributed by atoms with E-state index in [0.29, 0.717) is 31.6 Å². The van der Waals surface area contributed by atoms with Crippen LogP contribution in [0.1, 0.15) is 47.0 Å². The summed E-state index contributed by atoms with van der Waals surface area (Å²) in [6, 6.07) is 0. The Labute approximate surface area is 117 Å². The first-order chi connectivity index (χ1) is 8.89. The van der Waals surface area contributed by atoms with Crippen molar-refractivity contribution < 1.29 is 9.53 Å². The smallest absolute Gasteiger partial charge is 0.220 e. The second kappa shape index (κ2) is 7.85. The van der Waals surface area contributed by atoms with Gasteiger partial charge in [-0.05, 0) is 37.3 Å². The molecular formula is C15H30N2O2. The van der Waals surface area contributed by atoms with Gasteiger partial charge in [-0.1, -0.05) is 27.7 Å². The van der Waals surface area contributed by atoms with E-state index in [1.807, 2.05) is 0 Å². The molecule has 0 bridgehead atoms. The third-order valence-corrected chi connectivity index (χ3v) is 4.03. The minimum atomic E-state index is 0.135. The molecule has 0 saturated carbocycles. The van der Waals surface area contributed by atoms with Crippen LogP contribution in [0.5, 0.6) is 0 Å². The lowest BCUT2D eigenvalue weighted by molar-refractivity contribution is -0.123. The van der Waals surface area contributed by atoms with E-state index in [1.54, 1.807) is 0 Å². The van der Waals surface area contributed by atoms with Gasteiger partial charge in [0.2, 0.25) is 5.91 Å². The van der Waals surface area contributed by atoms with Gasteiger partial charge in [-0.2, -0.15) is 0 Å². The van der Waals surface area contributed by atoms with Crippen molar-refractivity contribution in [3.8, 4) is 0 Å². The van der Waals surface area contributed by atoms with Crippen LogP contribution in [0.4, 0.5) is 0 Å². The van der Waals surface area contributed by atoms with E-state index in [-0.39, 0.29) is 11.3 Å². The van der Waals surface area contributed by atoms with E-state index >= 15 is 0 Å². The van der Waals surface area contributed by atoms with Crippen molar-refractivity contribution in [3.05, 3.63) is 0 Å². The number of amides is 1. The summed E-state index contributed by atoms with van der Waals surface area (Å²) in [5.41, 5.74) is 0.183. The maximum Gasteiger partial charge on any atom is 0.220 e. The van der Waals surface area contributed by atoms with Gasteiger partial charge in [-0.25, -0.2) is 0 Å².